The summed E-state index contributed by atoms with van der Waals surface area (Å²) in [6.07, 6.45) is -6.58. The normalized spacial score (nSPS) is 32.0. The Morgan fingerprint density at radius 3 is 2.92 bits per heavy atom. The Morgan fingerprint density at radius 1 is 1.48 bits per heavy atom. The van der Waals surface area contributed by atoms with Crippen LogP contribution in [-0.4, -0.2) is 38.5 Å². The molecule has 1 fully saturated rings. The van der Waals surface area contributed by atoms with Crippen molar-refractivity contribution in [3.05, 3.63) is 35.3 Å². The number of pyridine rings is 1. The van der Waals surface area contributed by atoms with Crippen LogP contribution in [0.15, 0.2) is 18.3 Å². The van der Waals surface area contributed by atoms with Gasteiger partial charge in [-0.25, -0.2) is 9.78 Å². The average Bonchev–Trinajstić information content (AvgIpc) is 2.93. The highest BCUT2D eigenvalue weighted by Crippen LogP contribution is 2.25. The molecule has 2 atom stereocenters. The number of carbonyl (C=O) groups is 1. The van der Waals surface area contributed by atoms with E-state index in [9.17, 15) is 4.79 Å². The Morgan fingerprint density at radius 2 is 2.24 bits per heavy atom. The fourth-order valence-electron chi connectivity index (χ4n) is 2.79. The van der Waals surface area contributed by atoms with Gasteiger partial charge in [0, 0.05) is 37.7 Å². The van der Waals surface area contributed by atoms with Gasteiger partial charge in [0.05, 0.1) is 7.06 Å². The summed E-state index contributed by atoms with van der Waals surface area (Å²) in [6, 6.07) is 1.37. The topological polar surface area (TPSA) is 46.8 Å². The highest BCUT2D eigenvalue weighted by Gasteiger charge is 2.31. The quantitative estimate of drug-likeness (QED) is 0.813. The van der Waals surface area contributed by atoms with E-state index in [1.165, 1.54) is 0 Å². The maximum Gasteiger partial charge on any atom is 0.410 e. The van der Waals surface area contributed by atoms with Crippen LogP contribution in [0.3, 0.4) is 0 Å². The molecule has 0 saturated carbocycles. The number of carbonyl (C=O) groups excluding carboxylic acids is 1. The second-order valence-corrected chi connectivity index (χ2v) is 7.22. The lowest BCUT2D eigenvalue weighted by atomic mass is 9.98. The summed E-state index contributed by atoms with van der Waals surface area (Å²) >= 11 is 0. The van der Waals surface area contributed by atoms with Crippen molar-refractivity contribution < 1.29 is 17.8 Å². The summed E-state index contributed by atoms with van der Waals surface area (Å²) in [4.78, 5) is 18.4. The van der Waals surface area contributed by atoms with Gasteiger partial charge in [-0.15, -0.1) is 0 Å². The van der Waals surface area contributed by atoms with E-state index in [4.69, 9.17) is 13.0 Å². The van der Waals surface area contributed by atoms with Crippen molar-refractivity contribution in [1.29, 1.82) is 0 Å². The van der Waals surface area contributed by atoms with Crippen molar-refractivity contribution in [2.75, 3.05) is 6.54 Å². The standard InChI is InChI=1S/C20H29N3O2/c1-14-9-8-12-22-15(2)17(21-18(14)22)13-16-10-6-7-11-23(16)19(24)25-20(3,4)5/h8-9,12,16H,6-7,10-11,13H2,1-5H3/t16-/m0/s1/i6D2,7D,10D2,16D/t7?,16-. The second kappa shape index (κ2) is 6.70. The summed E-state index contributed by atoms with van der Waals surface area (Å²) in [5.74, 6) is 0. The Kier molecular flexibility index (Phi) is 3.09. The molecule has 136 valence electrons. The average molecular weight is 350 g/mol. The number of amides is 1. The first-order chi connectivity index (χ1) is 14.0. The number of aryl methyl sites for hydroxylation is 2. The van der Waals surface area contributed by atoms with Crippen molar-refractivity contribution in [1.82, 2.24) is 14.3 Å². The minimum atomic E-state index is -2.86. The number of hydrogen-bond donors (Lipinski definition) is 0. The Balaban J connectivity index is 2.14. The molecule has 5 heteroatoms. The van der Waals surface area contributed by atoms with Crippen LogP contribution in [0.25, 0.3) is 5.65 Å². The van der Waals surface area contributed by atoms with Gasteiger partial charge in [-0.05, 0) is 65.4 Å². The number of piperidine rings is 1. The predicted molar refractivity (Wildman–Crippen MR) is 98.9 cm³/mol. The van der Waals surface area contributed by atoms with Gasteiger partial charge in [0.25, 0.3) is 0 Å². The van der Waals surface area contributed by atoms with Gasteiger partial charge in [0.1, 0.15) is 11.2 Å². The van der Waals surface area contributed by atoms with Gasteiger partial charge in [-0.3, -0.25) is 0 Å². The van der Waals surface area contributed by atoms with E-state index in [0.29, 0.717) is 17.0 Å². The zero-order chi connectivity index (χ0) is 23.6. The maximum atomic E-state index is 13.0. The molecule has 0 aliphatic carbocycles. The lowest BCUT2D eigenvalue weighted by Crippen LogP contribution is -2.47. The molecule has 0 radical (unpaired) electrons. The molecule has 0 spiro atoms. The molecule has 1 unspecified atom stereocenters. The number of imidazole rings is 1. The van der Waals surface area contributed by atoms with E-state index < -0.39 is 43.4 Å². The fraction of sp³-hybridized carbons (Fsp3) is 0.600. The van der Waals surface area contributed by atoms with Crippen LogP contribution in [0, 0.1) is 13.8 Å². The molecule has 2 aromatic heterocycles. The summed E-state index contributed by atoms with van der Waals surface area (Å²) in [6.45, 7) is 8.18. The molecular weight excluding hydrogens is 314 g/mol. The van der Waals surface area contributed by atoms with E-state index in [0.717, 1.165) is 10.5 Å². The van der Waals surface area contributed by atoms with Crippen molar-refractivity contribution in [3.63, 3.8) is 0 Å². The third kappa shape index (κ3) is 3.80. The molecule has 0 bridgehead atoms. The molecule has 1 aliphatic rings. The van der Waals surface area contributed by atoms with Crippen molar-refractivity contribution >= 4 is 11.7 Å². The van der Waals surface area contributed by atoms with Gasteiger partial charge in [0.2, 0.25) is 0 Å². The van der Waals surface area contributed by atoms with Crippen LogP contribution in [0.2, 0.25) is 0 Å². The van der Waals surface area contributed by atoms with Crippen molar-refractivity contribution in [3.8, 4) is 0 Å². The van der Waals surface area contributed by atoms with E-state index in [1.807, 2.05) is 29.7 Å². The Hall–Kier alpha value is -2.04. The minimum Gasteiger partial charge on any atom is -0.444 e. The highest BCUT2D eigenvalue weighted by atomic mass is 16.6. The molecule has 1 aliphatic heterocycles. The molecule has 25 heavy (non-hydrogen) atoms. The third-order valence-electron chi connectivity index (χ3n) is 4.05. The summed E-state index contributed by atoms with van der Waals surface area (Å²) in [5.41, 5.74) is 1.72. The molecule has 5 nitrogen and oxygen atoms in total. The lowest BCUT2D eigenvalue weighted by Gasteiger charge is -2.36. The van der Waals surface area contributed by atoms with E-state index in [-0.39, 0.29) is 6.42 Å². The first-order valence-electron chi connectivity index (χ1n) is 11.5. The molecule has 2 aromatic rings. The number of ether oxygens (including phenoxy) is 1. The van der Waals surface area contributed by atoms with Crippen molar-refractivity contribution in [2.24, 2.45) is 0 Å². The third-order valence-corrected chi connectivity index (χ3v) is 4.05. The molecule has 0 aromatic carbocycles. The SMILES string of the molecule is [2H]C1CN(C(=O)OC(C)(C)C)[C@]([2H])(Cc2nc3c(C)cccn3c2C)C([2H])([2H])C1([2H])[2H]. The number of nitrogens with zero attached hydrogens (tertiary/aromatic N) is 3. The smallest absolute Gasteiger partial charge is 0.410 e. The van der Waals surface area contributed by atoms with Crippen LogP contribution in [-0.2, 0) is 11.2 Å². The van der Waals surface area contributed by atoms with Gasteiger partial charge in [-0.1, -0.05) is 6.07 Å². The molecule has 3 heterocycles. The first-order valence-corrected chi connectivity index (χ1v) is 8.39. The Labute approximate surface area is 158 Å². The number of aromatic nitrogens is 2. The molecule has 0 N–H and O–H groups in total. The van der Waals surface area contributed by atoms with Gasteiger partial charge >= 0.3 is 6.09 Å². The monoisotopic (exact) mass is 349 g/mol. The van der Waals surface area contributed by atoms with E-state index in [2.05, 4.69) is 4.98 Å². The molecule has 1 amide bonds. The van der Waals surface area contributed by atoms with Crippen LogP contribution >= 0.6 is 0 Å². The van der Waals surface area contributed by atoms with Crippen molar-refractivity contribution in [2.45, 2.75) is 71.8 Å². The zero-order valence-electron chi connectivity index (χ0n) is 21.4. The number of hydrogen-bond acceptors (Lipinski definition) is 3. The van der Waals surface area contributed by atoms with E-state index in [1.54, 1.807) is 27.7 Å². The van der Waals surface area contributed by atoms with Crippen LogP contribution < -0.4 is 0 Å². The second-order valence-electron chi connectivity index (χ2n) is 7.22. The highest BCUT2D eigenvalue weighted by molar-refractivity contribution is 5.68. The van der Waals surface area contributed by atoms with Crippen LogP contribution in [0.1, 0.15) is 65.1 Å². The largest absolute Gasteiger partial charge is 0.444 e. The van der Waals surface area contributed by atoms with Gasteiger partial charge < -0.3 is 14.0 Å². The van der Waals surface area contributed by atoms with E-state index >= 15 is 0 Å². The predicted octanol–water partition coefficient (Wildman–Crippen LogP) is 4.28. The molecular formula is C20H29N3O2. The number of likely N-dealkylation sites (tertiary alicyclic amines) is 1. The minimum absolute atomic E-state index is 0.349. The lowest BCUT2D eigenvalue weighted by molar-refractivity contribution is 0.00984. The molecule has 1 saturated heterocycles. The number of fused-ring (bicyclic) bond motifs is 1. The maximum absolute atomic E-state index is 13.0. The fourth-order valence-corrected chi connectivity index (χ4v) is 2.79. The first kappa shape index (κ1) is 11.6. The van der Waals surface area contributed by atoms with Gasteiger partial charge in [0.15, 0.2) is 0 Å². The summed E-state index contributed by atoms with van der Waals surface area (Å²) in [5, 5.41) is 0. The van der Waals surface area contributed by atoms with Crippen LogP contribution in [0.5, 0.6) is 0 Å². The molecule has 3 rings (SSSR count). The summed E-state index contributed by atoms with van der Waals surface area (Å²) < 4.78 is 58.1. The van der Waals surface area contributed by atoms with Crippen LogP contribution in [0.4, 0.5) is 4.79 Å². The van der Waals surface area contributed by atoms with Gasteiger partial charge in [-0.2, -0.15) is 0 Å². The Bertz CT molecular complexity index is 1020. The zero-order valence-corrected chi connectivity index (χ0v) is 15.4. The number of rotatable bonds is 2. The summed E-state index contributed by atoms with van der Waals surface area (Å²) in [7, 11) is 0.